The fourth-order valence-corrected chi connectivity index (χ4v) is 4.54. The van der Waals surface area contributed by atoms with Crippen LogP contribution in [0, 0.1) is 11.3 Å². The summed E-state index contributed by atoms with van der Waals surface area (Å²) in [7, 11) is 0. The van der Waals surface area contributed by atoms with E-state index in [0.29, 0.717) is 38.8 Å². The number of nitrogens with one attached hydrogen (secondary N) is 1. The third kappa shape index (κ3) is 4.13. The summed E-state index contributed by atoms with van der Waals surface area (Å²) in [5.74, 6) is -0.958. The van der Waals surface area contributed by atoms with E-state index in [-0.39, 0.29) is 24.4 Å². The molecule has 3 fully saturated rings. The largest absolute Gasteiger partial charge is 0.481 e. The van der Waals surface area contributed by atoms with Gasteiger partial charge in [0.25, 0.3) is 0 Å². The van der Waals surface area contributed by atoms with Gasteiger partial charge < -0.3 is 20.2 Å². The fraction of sp³-hybridized carbons (Fsp3) is 0.842. The predicted octanol–water partition coefficient (Wildman–Crippen LogP) is 2.07. The summed E-state index contributed by atoms with van der Waals surface area (Å²) in [4.78, 5) is 40.4. The summed E-state index contributed by atoms with van der Waals surface area (Å²) in [6.07, 6.45) is 7.67. The molecule has 0 radical (unpaired) electrons. The number of rotatable bonds is 4. The van der Waals surface area contributed by atoms with E-state index in [4.69, 9.17) is 0 Å². The monoisotopic (exact) mass is 365 g/mol. The van der Waals surface area contributed by atoms with Gasteiger partial charge in [-0.3, -0.25) is 9.59 Å². The molecular weight excluding hydrogens is 334 g/mol. The summed E-state index contributed by atoms with van der Waals surface area (Å²) in [5, 5.41) is 12.5. The minimum absolute atomic E-state index is 0.0514. The van der Waals surface area contributed by atoms with Crippen molar-refractivity contribution < 1.29 is 19.5 Å². The number of amides is 3. The standard InChI is InChI=1S/C19H31N3O4/c23-16(20-14-19(17(24)25)8-2-1-3-9-19)15-6-12-22(13-7-15)18(26)21-10-4-5-11-21/h15H,1-14H2,(H,20,23)(H,24,25). The van der Waals surface area contributed by atoms with Gasteiger partial charge >= 0.3 is 12.0 Å². The highest BCUT2D eigenvalue weighted by molar-refractivity contribution is 5.81. The zero-order chi connectivity index (χ0) is 18.6. The summed E-state index contributed by atoms with van der Waals surface area (Å²) in [6, 6.07) is 0.105. The Balaban J connectivity index is 1.46. The Bertz CT molecular complexity index is 531. The first-order valence-corrected chi connectivity index (χ1v) is 10.1. The molecule has 2 aliphatic heterocycles. The number of piperidine rings is 1. The van der Waals surface area contributed by atoms with Gasteiger partial charge in [0, 0.05) is 38.6 Å². The minimum atomic E-state index is -0.791. The maximum Gasteiger partial charge on any atom is 0.319 e. The molecule has 0 aromatic heterocycles. The minimum Gasteiger partial charge on any atom is -0.481 e. The Labute approximate surface area is 155 Å². The van der Waals surface area contributed by atoms with Gasteiger partial charge in [0.1, 0.15) is 0 Å². The Kier molecular flexibility index (Phi) is 6.04. The van der Waals surface area contributed by atoms with E-state index in [2.05, 4.69) is 5.32 Å². The van der Waals surface area contributed by atoms with Crippen LogP contribution in [0.2, 0.25) is 0 Å². The highest BCUT2D eigenvalue weighted by Gasteiger charge is 2.40. The molecule has 146 valence electrons. The summed E-state index contributed by atoms with van der Waals surface area (Å²) < 4.78 is 0. The van der Waals surface area contributed by atoms with Crippen molar-refractivity contribution in [1.82, 2.24) is 15.1 Å². The molecule has 3 amide bonds. The number of carboxylic acids is 1. The molecule has 7 heteroatoms. The van der Waals surface area contributed by atoms with Crippen molar-refractivity contribution in [1.29, 1.82) is 0 Å². The summed E-state index contributed by atoms with van der Waals surface area (Å²) in [6.45, 7) is 3.14. The van der Waals surface area contributed by atoms with Crippen molar-refractivity contribution in [2.24, 2.45) is 11.3 Å². The van der Waals surface area contributed by atoms with E-state index in [1.807, 2.05) is 9.80 Å². The number of carbonyl (C=O) groups is 3. The van der Waals surface area contributed by atoms with E-state index in [0.717, 1.165) is 45.2 Å². The van der Waals surface area contributed by atoms with Gasteiger partial charge in [-0.15, -0.1) is 0 Å². The van der Waals surface area contributed by atoms with Gasteiger partial charge in [-0.05, 0) is 38.5 Å². The van der Waals surface area contributed by atoms with E-state index in [1.165, 1.54) is 0 Å². The highest BCUT2D eigenvalue weighted by Crippen LogP contribution is 2.36. The van der Waals surface area contributed by atoms with E-state index in [1.54, 1.807) is 0 Å². The van der Waals surface area contributed by atoms with Gasteiger partial charge in [0.15, 0.2) is 0 Å². The molecule has 0 aromatic rings. The van der Waals surface area contributed by atoms with Crippen LogP contribution < -0.4 is 5.32 Å². The molecule has 2 heterocycles. The van der Waals surface area contributed by atoms with Crippen LogP contribution in [0.15, 0.2) is 0 Å². The van der Waals surface area contributed by atoms with E-state index < -0.39 is 11.4 Å². The molecule has 3 rings (SSSR count). The van der Waals surface area contributed by atoms with Crippen molar-refractivity contribution in [3.8, 4) is 0 Å². The zero-order valence-electron chi connectivity index (χ0n) is 15.5. The molecular formula is C19H31N3O4. The molecule has 0 unspecified atom stereocenters. The van der Waals surface area contributed by atoms with Crippen molar-refractivity contribution in [2.75, 3.05) is 32.7 Å². The van der Waals surface area contributed by atoms with Gasteiger partial charge in [0.05, 0.1) is 5.41 Å². The van der Waals surface area contributed by atoms with Crippen LogP contribution in [-0.4, -0.2) is 65.5 Å². The Morgan fingerprint density at radius 3 is 2.04 bits per heavy atom. The molecule has 7 nitrogen and oxygen atoms in total. The van der Waals surface area contributed by atoms with Gasteiger partial charge in [-0.1, -0.05) is 19.3 Å². The molecule has 2 N–H and O–H groups in total. The van der Waals surface area contributed by atoms with Crippen LogP contribution in [0.25, 0.3) is 0 Å². The van der Waals surface area contributed by atoms with Gasteiger partial charge in [-0.2, -0.15) is 0 Å². The molecule has 0 aromatic carbocycles. The van der Waals surface area contributed by atoms with E-state index >= 15 is 0 Å². The number of hydrogen-bond donors (Lipinski definition) is 2. The van der Waals surface area contributed by atoms with Crippen LogP contribution in [0.5, 0.6) is 0 Å². The van der Waals surface area contributed by atoms with Gasteiger partial charge in [0.2, 0.25) is 5.91 Å². The third-order valence-electron chi connectivity index (χ3n) is 6.38. The number of hydrogen-bond acceptors (Lipinski definition) is 3. The lowest BCUT2D eigenvalue weighted by atomic mass is 9.74. The zero-order valence-corrected chi connectivity index (χ0v) is 15.5. The second kappa shape index (κ2) is 8.27. The Morgan fingerprint density at radius 2 is 1.46 bits per heavy atom. The molecule has 3 aliphatic rings. The van der Waals surface area contributed by atoms with Crippen molar-refractivity contribution in [2.45, 2.75) is 57.8 Å². The van der Waals surface area contributed by atoms with Crippen LogP contribution in [-0.2, 0) is 9.59 Å². The number of carbonyl (C=O) groups excluding carboxylic acids is 2. The van der Waals surface area contributed by atoms with Crippen molar-refractivity contribution in [3.63, 3.8) is 0 Å². The van der Waals surface area contributed by atoms with Crippen LogP contribution in [0.3, 0.4) is 0 Å². The average Bonchev–Trinajstić information content (AvgIpc) is 3.21. The fourth-order valence-electron chi connectivity index (χ4n) is 4.54. The summed E-state index contributed by atoms with van der Waals surface area (Å²) >= 11 is 0. The molecule has 1 aliphatic carbocycles. The smallest absolute Gasteiger partial charge is 0.319 e. The molecule has 0 spiro atoms. The predicted molar refractivity (Wildman–Crippen MR) is 96.7 cm³/mol. The lowest BCUT2D eigenvalue weighted by Gasteiger charge is -2.36. The Morgan fingerprint density at radius 1 is 0.885 bits per heavy atom. The topological polar surface area (TPSA) is 90.0 Å². The van der Waals surface area contributed by atoms with Crippen molar-refractivity contribution in [3.05, 3.63) is 0 Å². The lowest BCUT2D eigenvalue weighted by molar-refractivity contribution is -0.151. The second-order valence-corrected chi connectivity index (χ2v) is 8.10. The number of aliphatic carboxylic acids is 1. The van der Waals surface area contributed by atoms with Crippen LogP contribution >= 0.6 is 0 Å². The number of nitrogens with zero attached hydrogens (tertiary/aromatic N) is 2. The molecule has 0 atom stereocenters. The van der Waals surface area contributed by atoms with E-state index in [9.17, 15) is 19.5 Å². The second-order valence-electron chi connectivity index (χ2n) is 8.10. The molecule has 0 bridgehead atoms. The lowest BCUT2D eigenvalue weighted by Crippen LogP contribution is -2.49. The average molecular weight is 365 g/mol. The number of carboxylic acid groups (broad SMARTS) is 1. The number of urea groups is 1. The first kappa shape index (κ1) is 19.0. The maximum absolute atomic E-state index is 12.5. The maximum atomic E-state index is 12.5. The summed E-state index contributed by atoms with van der Waals surface area (Å²) in [5.41, 5.74) is -0.791. The SMILES string of the molecule is O=C(NCC1(C(=O)O)CCCCC1)C1CCN(C(=O)N2CCCC2)CC1. The van der Waals surface area contributed by atoms with Gasteiger partial charge in [-0.25, -0.2) is 4.79 Å². The first-order chi connectivity index (χ1) is 12.5. The quantitative estimate of drug-likeness (QED) is 0.798. The number of likely N-dealkylation sites (tertiary alicyclic amines) is 2. The highest BCUT2D eigenvalue weighted by atomic mass is 16.4. The first-order valence-electron chi connectivity index (χ1n) is 10.1. The molecule has 1 saturated carbocycles. The third-order valence-corrected chi connectivity index (χ3v) is 6.38. The Hall–Kier alpha value is -1.79. The molecule has 2 saturated heterocycles. The normalized spacial score (nSPS) is 23.7. The van der Waals surface area contributed by atoms with Crippen LogP contribution in [0.1, 0.15) is 57.8 Å². The van der Waals surface area contributed by atoms with Crippen LogP contribution in [0.4, 0.5) is 4.79 Å². The molecule has 26 heavy (non-hydrogen) atoms. The van der Waals surface area contributed by atoms with Crippen molar-refractivity contribution >= 4 is 17.9 Å².